The first-order valence-electron chi connectivity index (χ1n) is 11.9. The van der Waals surface area contributed by atoms with Crippen molar-refractivity contribution in [2.24, 2.45) is 5.92 Å². The number of aromatic nitrogens is 1. The number of hydrogen-bond donors (Lipinski definition) is 4. The van der Waals surface area contributed by atoms with Crippen molar-refractivity contribution >= 4 is 44.6 Å². The highest BCUT2D eigenvalue weighted by molar-refractivity contribution is 9.10. The highest BCUT2D eigenvalue weighted by atomic mass is 79.9. The number of hydrogen-bond acceptors (Lipinski definition) is 6. The molecule has 2 aromatic rings. The zero-order chi connectivity index (χ0) is 25.9. The molecule has 1 fully saturated rings. The van der Waals surface area contributed by atoms with Gasteiger partial charge in [0.1, 0.15) is 17.7 Å². The minimum Gasteiger partial charge on any atom is -0.383 e. The minimum absolute atomic E-state index is 0.245. The third kappa shape index (κ3) is 6.36. The molecule has 1 unspecified atom stereocenters. The van der Waals surface area contributed by atoms with E-state index in [1.54, 1.807) is 27.7 Å². The van der Waals surface area contributed by atoms with Crippen molar-refractivity contribution in [1.82, 2.24) is 26.1 Å². The Morgan fingerprint density at radius 2 is 1.83 bits per heavy atom. The number of hydrazine groups is 1. The van der Waals surface area contributed by atoms with Crippen molar-refractivity contribution in [2.75, 3.05) is 6.54 Å². The number of aliphatic hydroxyl groups is 1. The van der Waals surface area contributed by atoms with Crippen molar-refractivity contribution in [1.29, 1.82) is 0 Å². The Morgan fingerprint density at radius 1 is 1.14 bits per heavy atom. The number of nitrogens with one attached hydrogen (secondary N) is 3. The lowest BCUT2D eigenvalue weighted by Gasteiger charge is -2.41. The zero-order valence-corrected chi connectivity index (χ0v) is 22.3. The second-order valence-electron chi connectivity index (χ2n) is 9.72. The molecule has 2 heterocycles. The molecular weight excluding hydrogens is 514 g/mol. The van der Waals surface area contributed by atoms with Gasteiger partial charge in [0.25, 0.3) is 5.91 Å². The molecule has 190 valence electrons. The molecule has 35 heavy (non-hydrogen) atoms. The highest BCUT2D eigenvalue weighted by Crippen LogP contribution is 2.23. The summed E-state index contributed by atoms with van der Waals surface area (Å²) in [6.07, 6.45) is -0.0311. The molecule has 0 spiro atoms. The van der Waals surface area contributed by atoms with E-state index in [0.717, 1.165) is 21.1 Å². The Labute approximate surface area is 214 Å². The maximum absolute atomic E-state index is 13.3. The van der Waals surface area contributed by atoms with Crippen LogP contribution in [0.5, 0.6) is 0 Å². The lowest BCUT2D eigenvalue weighted by Crippen LogP contribution is -2.67. The van der Waals surface area contributed by atoms with E-state index in [-0.39, 0.29) is 23.8 Å². The smallest absolute Gasteiger partial charge is 0.258 e. The first-order chi connectivity index (χ1) is 16.4. The van der Waals surface area contributed by atoms with Crippen LogP contribution < -0.4 is 16.1 Å². The van der Waals surface area contributed by atoms with E-state index < -0.39 is 23.6 Å². The topological polar surface area (TPSA) is 124 Å². The van der Waals surface area contributed by atoms with Crippen LogP contribution in [0.15, 0.2) is 34.8 Å². The van der Waals surface area contributed by atoms with Gasteiger partial charge < -0.3 is 15.7 Å². The molecule has 0 aliphatic carbocycles. The van der Waals surface area contributed by atoms with E-state index in [1.165, 1.54) is 5.01 Å². The molecule has 0 radical (unpaired) electrons. The van der Waals surface area contributed by atoms with Crippen molar-refractivity contribution in [3.8, 4) is 0 Å². The maximum Gasteiger partial charge on any atom is 0.258 e. The quantitative estimate of drug-likeness (QED) is 0.422. The molecule has 9 nitrogen and oxygen atoms in total. The predicted molar refractivity (Wildman–Crippen MR) is 137 cm³/mol. The predicted octanol–water partition coefficient (Wildman–Crippen LogP) is 2.58. The van der Waals surface area contributed by atoms with E-state index in [0.29, 0.717) is 19.4 Å². The number of fused-ring (bicyclic) bond motifs is 1. The Morgan fingerprint density at radius 3 is 2.51 bits per heavy atom. The summed E-state index contributed by atoms with van der Waals surface area (Å²) in [5.74, 6) is -1.48. The molecule has 10 heteroatoms. The van der Waals surface area contributed by atoms with Gasteiger partial charge in [-0.05, 0) is 57.7 Å². The van der Waals surface area contributed by atoms with Gasteiger partial charge in [0, 0.05) is 16.4 Å². The molecular formula is C25H34BrN5O4. The lowest BCUT2D eigenvalue weighted by molar-refractivity contribution is -0.147. The van der Waals surface area contributed by atoms with Crippen LogP contribution in [0.2, 0.25) is 0 Å². The van der Waals surface area contributed by atoms with Crippen LogP contribution >= 0.6 is 15.9 Å². The molecule has 1 aliphatic heterocycles. The average molecular weight is 548 g/mol. The first kappa shape index (κ1) is 27.0. The number of carbonyl (C=O) groups excluding carboxylic acids is 3. The number of nitrogens with zero attached hydrogens (tertiary/aromatic N) is 2. The van der Waals surface area contributed by atoms with E-state index in [1.807, 2.05) is 37.3 Å². The van der Waals surface area contributed by atoms with Crippen molar-refractivity contribution in [3.63, 3.8) is 0 Å². The van der Waals surface area contributed by atoms with Gasteiger partial charge in [-0.1, -0.05) is 41.9 Å². The molecule has 1 aromatic heterocycles. The van der Waals surface area contributed by atoms with Gasteiger partial charge in [-0.15, -0.1) is 0 Å². The fourth-order valence-corrected chi connectivity index (χ4v) is 4.35. The molecule has 3 amide bonds. The Kier molecular flexibility index (Phi) is 8.50. The Bertz CT molecular complexity index is 1110. The molecule has 1 aliphatic rings. The summed E-state index contributed by atoms with van der Waals surface area (Å²) < 4.78 is 0.930. The molecule has 1 saturated heterocycles. The van der Waals surface area contributed by atoms with Crippen molar-refractivity contribution in [3.05, 3.63) is 40.5 Å². The fraction of sp³-hybridized carbons (Fsp3) is 0.520. The normalized spacial score (nSPS) is 20.9. The number of amides is 3. The van der Waals surface area contributed by atoms with Gasteiger partial charge in [-0.3, -0.25) is 24.4 Å². The van der Waals surface area contributed by atoms with E-state index in [9.17, 15) is 19.5 Å². The summed E-state index contributed by atoms with van der Waals surface area (Å²) in [4.78, 5) is 43.0. The van der Waals surface area contributed by atoms with Crippen LogP contribution in [-0.2, 0) is 14.4 Å². The summed E-state index contributed by atoms with van der Waals surface area (Å²) in [6.45, 7) is 9.04. The third-order valence-corrected chi connectivity index (χ3v) is 6.80. The van der Waals surface area contributed by atoms with Crippen LogP contribution in [0.25, 0.3) is 10.9 Å². The molecule has 4 atom stereocenters. The molecule has 0 saturated carbocycles. The minimum atomic E-state index is -1.19. The van der Waals surface area contributed by atoms with Crippen molar-refractivity contribution in [2.45, 2.75) is 71.2 Å². The number of carbonyl (C=O) groups is 3. The second kappa shape index (κ2) is 11.0. The number of benzene rings is 1. The largest absolute Gasteiger partial charge is 0.383 e. The highest BCUT2D eigenvalue weighted by Gasteiger charge is 2.40. The second-order valence-corrected chi connectivity index (χ2v) is 10.6. The van der Waals surface area contributed by atoms with Crippen LogP contribution in [-0.4, -0.2) is 57.1 Å². The van der Waals surface area contributed by atoms with E-state index >= 15 is 0 Å². The maximum atomic E-state index is 13.3. The Balaban J connectivity index is 1.65. The summed E-state index contributed by atoms with van der Waals surface area (Å²) in [5.41, 5.74) is 3.61. The standard InChI is InChI=1S/C25H34BrN5O4/c1-14(2)21(32)22(33)27-16(4)23(34)31-12-6-11-25(5,30-31)24(35)28-15(3)19-10-8-17-7-9-18(26)13-20(17)29-19/h7-10,13-16,21,30,32H,6,11-12H2,1-5H3,(H,27,33)(H,28,35)/t15-,16+,21+,25?/m1/s1. The number of aliphatic hydroxyl groups excluding tert-OH is 1. The van der Waals surface area contributed by atoms with Gasteiger partial charge in [-0.25, -0.2) is 5.43 Å². The van der Waals surface area contributed by atoms with Gasteiger partial charge in [-0.2, -0.15) is 0 Å². The molecule has 4 N–H and O–H groups in total. The summed E-state index contributed by atoms with van der Waals surface area (Å²) in [6, 6.07) is 8.53. The molecule has 0 bridgehead atoms. The number of halogens is 1. The van der Waals surface area contributed by atoms with Crippen molar-refractivity contribution < 1.29 is 19.5 Å². The van der Waals surface area contributed by atoms with Crippen LogP contribution in [0.1, 0.15) is 59.2 Å². The van der Waals surface area contributed by atoms with Gasteiger partial charge in [0.05, 0.1) is 17.3 Å². The number of rotatable bonds is 7. The van der Waals surface area contributed by atoms with Gasteiger partial charge in [0.15, 0.2) is 0 Å². The lowest BCUT2D eigenvalue weighted by atomic mass is 9.92. The number of pyridine rings is 1. The average Bonchev–Trinajstić information content (AvgIpc) is 2.82. The monoisotopic (exact) mass is 547 g/mol. The summed E-state index contributed by atoms with van der Waals surface area (Å²) in [7, 11) is 0. The van der Waals surface area contributed by atoms with E-state index in [4.69, 9.17) is 0 Å². The zero-order valence-electron chi connectivity index (χ0n) is 20.8. The Hall–Kier alpha value is -2.56. The van der Waals surface area contributed by atoms with Crippen LogP contribution in [0.3, 0.4) is 0 Å². The van der Waals surface area contributed by atoms with Crippen LogP contribution in [0, 0.1) is 5.92 Å². The summed E-state index contributed by atoms with van der Waals surface area (Å²) in [5, 5.41) is 17.9. The van der Waals surface area contributed by atoms with Gasteiger partial charge in [0.2, 0.25) is 11.8 Å². The van der Waals surface area contributed by atoms with E-state index in [2.05, 4.69) is 37.0 Å². The SMILES string of the molecule is CC(C)[C@H](O)C(=O)N[C@@H](C)C(=O)N1CCCC(C)(C(=O)N[C@H](C)c2ccc3ccc(Br)cc3n2)N1. The molecule has 3 rings (SSSR count). The fourth-order valence-electron chi connectivity index (χ4n) is 4.00. The first-order valence-corrected chi connectivity index (χ1v) is 12.7. The van der Waals surface area contributed by atoms with Crippen LogP contribution in [0.4, 0.5) is 0 Å². The summed E-state index contributed by atoms with van der Waals surface area (Å²) >= 11 is 3.46. The van der Waals surface area contributed by atoms with Gasteiger partial charge >= 0.3 is 0 Å². The molecule has 1 aromatic carbocycles. The third-order valence-electron chi connectivity index (χ3n) is 6.30.